The van der Waals surface area contributed by atoms with Crippen LogP contribution in [0.15, 0.2) is 18.2 Å². The summed E-state index contributed by atoms with van der Waals surface area (Å²) in [6, 6.07) is 7.11. The molecule has 0 spiro atoms. The number of nitro groups is 1. The maximum Gasteiger partial charge on any atom is 0.270 e. The van der Waals surface area contributed by atoms with Crippen LogP contribution >= 0.6 is 0 Å². The highest BCUT2D eigenvalue weighted by Crippen LogP contribution is 2.32. The zero-order valence-corrected chi connectivity index (χ0v) is 11.1. The summed E-state index contributed by atoms with van der Waals surface area (Å²) in [5.74, 6) is 0.616. The molecule has 0 aromatic heterocycles. The molecule has 0 saturated carbocycles. The van der Waals surface area contributed by atoms with Crippen LogP contribution in [0.2, 0.25) is 0 Å². The summed E-state index contributed by atoms with van der Waals surface area (Å²) >= 11 is 0. The summed E-state index contributed by atoms with van der Waals surface area (Å²) in [7, 11) is 0. The minimum atomic E-state index is -0.462. The number of hydrogen-bond acceptors (Lipinski definition) is 5. The van der Waals surface area contributed by atoms with E-state index < -0.39 is 4.92 Å². The number of nitro benzene ring substituents is 1. The van der Waals surface area contributed by atoms with Gasteiger partial charge in [0, 0.05) is 31.3 Å². The standard InChI is InChI=1S/C14H16N4O2/c15-7-11-6-12(18(19)20)3-4-14(11)17-8-10-2-1-5-16-13(10)9-17/h3-4,6,10,13,16H,1-2,5,8-9H2. The molecule has 20 heavy (non-hydrogen) atoms. The first kappa shape index (κ1) is 12.9. The van der Waals surface area contributed by atoms with Crippen LogP contribution in [-0.4, -0.2) is 30.6 Å². The number of piperidine rings is 1. The van der Waals surface area contributed by atoms with Gasteiger partial charge in [0.2, 0.25) is 0 Å². The molecule has 104 valence electrons. The van der Waals surface area contributed by atoms with Gasteiger partial charge in [-0.05, 0) is 31.4 Å². The number of benzene rings is 1. The number of nitrogens with one attached hydrogen (secondary N) is 1. The molecule has 2 fully saturated rings. The molecule has 2 aliphatic heterocycles. The van der Waals surface area contributed by atoms with Gasteiger partial charge in [0.15, 0.2) is 0 Å². The lowest BCUT2D eigenvalue weighted by Gasteiger charge is -2.24. The van der Waals surface area contributed by atoms with E-state index in [1.54, 1.807) is 6.07 Å². The number of fused-ring (bicyclic) bond motifs is 1. The van der Waals surface area contributed by atoms with E-state index in [9.17, 15) is 15.4 Å². The minimum Gasteiger partial charge on any atom is -0.369 e. The van der Waals surface area contributed by atoms with Crippen molar-refractivity contribution in [2.24, 2.45) is 5.92 Å². The van der Waals surface area contributed by atoms with Crippen LogP contribution < -0.4 is 10.2 Å². The van der Waals surface area contributed by atoms with Crippen molar-refractivity contribution in [3.05, 3.63) is 33.9 Å². The van der Waals surface area contributed by atoms with Crippen molar-refractivity contribution in [2.75, 3.05) is 24.5 Å². The van der Waals surface area contributed by atoms with Crippen LogP contribution in [0.3, 0.4) is 0 Å². The molecule has 1 aromatic rings. The number of nitrogens with zero attached hydrogens (tertiary/aromatic N) is 3. The molecular formula is C14H16N4O2. The maximum absolute atomic E-state index is 10.8. The van der Waals surface area contributed by atoms with Gasteiger partial charge in [-0.25, -0.2) is 0 Å². The van der Waals surface area contributed by atoms with E-state index in [2.05, 4.69) is 16.3 Å². The Balaban J connectivity index is 1.87. The fourth-order valence-corrected chi connectivity index (χ4v) is 3.25. The van der Waals surface area contributed by atoms with Gasteiger partial charge >= 0.3 is 0 Å². The van der Waals surface area contributed by atoms with E-state index in [1.165, 1.54) is 25.0 Å². The average molecular weight is 272 g/mol. The first-order valence-corrected chi connectivity index (χ1v) is 6.86. The SMILES string of the molecule is N#Cc1cc([N+](=O)[O-])ccc1N1CC2CCCNC2C1. The quantitative estimate of drug-likeness (QED) is 0.654. The molecule has 2 atom stereocenters. The molecule has 0 amide bonds. The van der Waals surface area contributed by atoms with Crippen LogP contribution in [0.25, 0.3) is 0 Å². The predicted molar refractivity (Wildman–Crippen MR) is 74.5 cm³/mol. The van der Waals surface area contributed by atoms with Gasteiger partial charge in [-0.1, -0.05) is 0 Å². The number of non-ortho nitro benzene ring substituents is 1. The maximum atomic E-state index is 10.8. The largest absolute Gasteiger partial charge is 0.369 e. The summed E-state index contributed by atoms with van der Waals surface area (Å²) in [6.45, 7) is 2.85. The molecule has 0 aliphatic carbocycles. The zero-order valence-electron chi connectivity index (χ0n) is 11.1. The van der Waals surface area contributed by atoms with Gasteiger partial charge in [0.05, 0.1) is 16.2 Å². The molecule has 2 unspecified atom stereocenters. The monoisotopic (exact) mass is 272 g/mol. The third-order valence-corrected chi connectivity index (χ3v) is 4.25. The third-order valence-electron chi connectivity index (χ3n) is 4.25. The molecule has 2 heterocycles. The second kappa shape index (κ2) is 5.10. The second-order valence-corrected chi connectivity index (χ2v) is 5.44. The van der Waals surface area contributed by atoms with E-state index in [4.69, 9.17) is 0 Å². The Bertz CT molecular complexity index is 567. The summed E-state index contributed by atoms with van der Waals surface area (Å²) in [4.78, 5) is 12.5. The number of anilines is 1. The Labute approximate surface area is 117 Å². The third kappa shape index (κ3) is 2.21. The molecule has 0 bridgehead atoms. The summed E-state index contributed by atoms with van der Waals surface area (Å²) in [5.41, 5.74) is 1.17. The number of nitriles is 1. The number of rotatable bonds is 2. The molecule has 2 saturated heterocycles. The molecule has 2 aliphatic rings. The van der Waals surface area contributed by atoms with E-state index >= 15 is 0 Å². The molecular weight excluding hydrogens is 256 g/mol. The summed E-state index contributed by atoms with van der Waals surface area (Å²) < 4.78 is 0. The van der Waals surface area contributed by atoms with Crippen molar-refractivity contribution in [3.63, 3.8) is 0 Å². The molecule has 6 heteroatoms. The number of hydrogen-bond donors (Lipinski definition) is 1. The minimum absolute atomic E-state index is 0.0277. The highest BCUT2D eigenvalue weighted by atomic mass is 16.6. The molecule has 0 radical (unpaired) electrons. The van der Waals surface area contributed by atoms with Gasteiger partial charge in [-0.15, -0.1) is 0 Å². The lowest BCUT2D eigenvalue weighted by atomic mass is 9.94. The van der Waals surface area contributed by atoms with Gasteiger partial charge in [-0.3, -0.25) is 10.1 Å². The molecule has 3 rings (SSSR count). The van der Waals surface area contributed by atoms with Crippen LogP contribution in [-0.2, 0) is 0 Å². The average Bonchev–Trinajstić information content (AvgIpc) is 2.90. The Morgan fingerprint density at radius 2 is 2.30 bits per heavy atom. The van der Waals surface area contributed by atoms with Gasteiger partial charge in [0.1, 0.15) is 6.07 Å². The summed E-state index contributed by atoms with van der Waals surface area (Å²) in [5, 5.41) is 23.5. The van der Waals surface area contributed by atoms with E-state index in [0.29, 0.717) is 17.5 Å². The van der Waals surface area contributed by atoms with Crippen molar-refractivity contribution >= 4 is 11.4 Å². The fraction of sp³-hybridized carbons (Fsp3) is 0.500. The summed E-state index contributed by atoms with van der Waals surface area (Å²) in [6.07, 6.45) is 2.41. The van der Waals surface area contributed by atoms with Crippen molar-refractivity contribution in [1.82, 2.24) is 5.32 Å². The molecule has 6 nitrogen and oxygen atoms in total. The Kier molecular flexibility index (Phi) is 3.28. The van der Waals surface area contributed by atoms with E-state index in [1.807, 2.05) is 0 Å². The Hall–Kier alpha value is -2.13. The zero-order chi connectivity index (χ0) is 14.1. The van der Waals surface area contributed by atoms with Crippen molar-refractivity contribution in [3.8, 4) is 6.07 Å². The van der Waals surface area contributed by atoms with Crippen LogP contribution in [0, 0.1) is 27.4 Å². The smallest absolute Gasteiger partial charge is 0.270 e. The van der Waals surface area contributed by atoms with Crippen LogP contribution in [0.4, 0.5) is 11.4 Å². The molecule has 1 N–H and O–H groups in total. The van der Waals surface area contributed by atoms with Crippen LogP contribution in [0.1, 0.15) is 18.4 Å². The Morgan fingerprint density at radius 1 is 1.45 bits per heavy atom. The molecule has 1 aromatic carbocycles. The van der Waals surface area contributed by atoms with Gasteiger partial charge in [0.25, 0.3) is 5.69 Å². The second-order valence-electron chi connectivity index (χ2n) is 5.44. The Morgan fingerprint density at radius 3 is 3.00 bits per heavy atom. The lowest BCUT2D eigenvalue weighted by Crippen LogP contribution is -2.40. The van der Waals surface area contributed by atoms with E-state index in [-0.39, 0.29) is 5.69 Å². The topological polar surface area (TPSA) is 82.2 Å². The lowest BCUT2D eigenvalue weighted by molar-refractivity contribution is -0.384. The van der Waals surface area contributed by atoms with Crippen LogP contribution in [0.5, 0.6) is 0 Å². The van der Waals surface area contributed by atoms with Crippen molar-refractivity contribution < 1.29 is 4.92 Å². The van der Waals surface area contributed by atoms with Crippen molar-refractivity contribution in [2.45, 2.75) is 18.9 Å². The highest BCUT2D eigenvalue weighted by Gasteiger charge is 2.35. The van der Waals surface area contributed by atoms with Gasteiger partial charge < -0.3 is 10.2 Å². The first-order valence-electron chi connectivity index (χ1n) is 6.86. The van der Waals surface area contributed by atoms with E-state index in [0.717, 1.165) is 25.3 Å². The first-order chi connectivity index (χ1) is 9.69. The van der Waals surface area contributed by atoms with Crippen molar-refractivity contribution in [1.29, 1.82) is 5.26 Å². The van der Waals surface area contributed by atoms with Gasteiger partial charge in [-0.2, -0.15) is 5.26 Å². The highest BCUT2D eigenvalue weighted by molar-refractivity contribution is 5.63. The predicted octanol–water partition coefficient (Wildman–Crippen LogP) is 1.65. The normalized spacial score (nSPS) is 25.1. The fourth-order valence-electron chi connectivity index (χ4n) is 3.25.